The molecule has 9 heteroatoms. The van der Waals surface area contributed by atoms with Crippen molar-refractivity contribution in [3.63, 3.8) is 0 Å². The number of amides is 1. The summed E-state index contributed by atoms with van der Waals surface area (Å²) in [5.74, 6) is -0.170. The molecule has 0 aromatic heterocycles. The predicted octanol–water partition coefficient (Wildman–Crippen LogP) is 18.5. The third-order valence-corrected chi connectivity index (χ3v) is 16.8. The summed E-state index contributed by atoms with van der Waals surface area (Å²) in [4.78, 5) is 13.1. The van der Waals surface area contributed by atoms with Crippen LogP contribution in [0.4, 0.5) is 0 Å². The molecular weight excluding hydrogens is 971 g/mol. The molecule has 1 saturated heterocycles. The molecule has 78 heavy (non-hydrogen) atoms. The zero-order valence-corrected chi connectivity index (χ0v) is 51.7. The van der Waals surface area contributed by atoms with Crippen LogP contribution in [0.5, 0.6) is 0 Å². The van der Waals surface area contributed by atoms with E-state index in [0.717, 1.165) is 38.5 Å². The van der Waals surface area contributed by atoms with Crippen molar-refractivity contribution in [3.05, 3.63) is 24.3 Å². The summed E-state index contributed by atoms with van der Waals surface area (Å²) in [6, 6.07) is -0.803. The van der Waals surface area contributed by atoms with Crippen LogP contribution < -0.4 is 5.32 Å². The van der Waals surface area contributed by atoms with Gasteiger partial charge < -0.3 is 40.3 Å². The van der Waals surface area contributed by atoms with E-state index >= 15 is 0 Å². The van der Waals surface area contributed by atoms with E-state index in [-0.39, 0.29) is 12.5 Å². The van der Waals surface area contributed by atoms with Crippen molar-refractivity contribution in [1.29, 1.82) is 0 Å². The van der Waals surface area contributed by atoms with E-state index in [0.29, 0.717) is 6.42 Å². The Hall–Kier alpha value is -1.33. The highest BCUT2D eigenvalue weighted by atomic mass is 16.7. The van der Waals surface area contributed by atoms with E-state index in [1.807, 2.05) is 6.08 Å². The molecular formula is C69H133NO8. The third kappa shape index (κ3) is 47.2. The zero-order chi connectivity index (χ0) is 56.5. The SMILES string of the molecule is CCCCCCCCCCCCCCCC/C=C/C(O)C(COC1OC(CO)C(O)C(O)C1O)NC(=O)CCCCCCCCCCCCCCCCCCC/C=C\CCCCCCCCCCCCCCCCCCCC. The Bertz CT molecular complexity index is 1280. The second-order valence-electron chi connectivity index (χ2n) is 24.3. The number of carbonyl (C=O) groups excluding carboxylic acids is 1. The summed E-state index contributed by atoms with van der Waals surface area (Å²) in [6.07, 6.45) is 70.2. The molecule has 1 amide bonds. The van der Waals surface area contributed by atoms with Gasteiger partial charge in [-0.2, -0.15) is 0 Å². The summed E-state index contributed by atoms with van der Waals surface area (Å²) < 4.78 is 11.3. The molecule has 0 radical (unpaired) electrons. The molecule has 1 aliphatic heterocycles. The van der Waals surface area contributed by atoms with Crippen molar-refractivity contribution in [2.45, 2.75) is 397 Å². The average molecular weight is 1100 g/mol. The molecule has 0 aromatic carbocycles. The second kappa shape index (κ2) is 58.9. The molecule has 1 fully saturated rings. The van der Waals surface area contributed by atoms with Gasteiger partial charge in [0.15, 0.2) is 6.29 Å². The maximum Gasteiger partial charge on any atom is 0.220 e. The van der Waals surface area contributed by atoms with Crippen LogP contribution in [0.25, 0.3) is 0 Å². The van der Waals surface area contributed by atoms with Gasteiger partial charge in [0.25, 0.3) is 0 Å². The average Bonchev–Trinajstić information content (AvgIpc) is 3.45. The quantitative estimate of drug-likeness (QED) is 0.0261. The zero-order valence-electron chi connectivity index (χ0n) is 51.7. The lowest BCUT2D eigenvalue weighted by atomic mass is 9.99. The van der Waals surface area contributed by atoms with Crippen LogP contribution in [-0.2, 0) is 14.3 Å². The van der Waals surface area contributed by atoms with Crippen molar-refractivity contribution in [3.8, 4) is 0 Å². The molecule has 0 saturated carbocycles. The summed E-state index contributed by atoms with van der Waals surface area (Å²) >= 11 is 0. The molecule has 0 spiro atoms. The number of hydrogen-bond donors (Lipinski definition) is 6. The van der Waals surface area contributed by atoms with E-state index in [4.69, 9.17) is 9.47 Å². The molecule has 1 aliphatic rings. The Morgan fingerprint density at radius 1 is 0.423 bits per heavy atom. The fourth-order valence-electron chi connectivity index (χ4n) is 11.3. The van der Waals surface area contributed by atoms with Gasteiger partial charge in [0, 0.05) is 6.42 Å². The number of rotatable bonds is 61. The molecule has 6 N–H and O–H groups in total. The molecule has 7 unspecified atom stereocenters. The van der Waals surface area contributed by atoms with E-state index in [1.54, 1.807) is 6.08 Å². The van der Waals surface area contributed by atoms with Gasteiger partial charge >= 0.3 is 0 Å². The molecule has 0 bridgehead atoms. The van der Waals surface area contributed by atoms with E-state index < -0.39 is 49.5 Å². The predicted molar refractivity (Wildman–Crippen MR) is 332 cm³/mol. The molecule has 0 aliphatic carbocycles. The first-order valence-corrected chi connectivity index (χ1v) is 34.6. The van der Waals surface area contributed by atoms with Crippen molar-refractivity contribution in [2.75, 3.05) is 13.2 Å². The lowest BCUT2D eigenvalue weighted by Crippen LogP contribution is -2.60. The number of hydrogen-bond acceptors (Lipinski definition) is 8. The number of aliphatic hydroxyl groups excluding tert-OH is 5. The normalized spacial score (nSPS) is 18.7. The Morgan fingerprint density at radius 2 is 0.718 bits per heavy atom. The fourth-order valence-corrected chi connectivity index (χ4v) is 11.3. The number of unbranched alkanes of at least 4 members (excludes halogenated alkanes) is 49. The van der Waals surface area contributed by atoms with Crippen LogP contribution in [0.1, 0.15) is 354 Å². The lowest BCUT2D eigenvalue weighted by Gasteiger charge is -2.40. The summed E-state index contributed by atoms with van der Waals surface area (Å²) in [5, 5.41) is 54.6. The highest BCUT2D eigenvalue weighted by Crippen LogP contribution is 2.23. The molecule has 0 aromatic rings. The summed E-state index contributed by atoms with van der Waals surface area (Å²) in [7, 11) is 0. The van der Waals surface area contributed by atoms with Crippen LogP contribution in [0.2, 0.25) is 0 Å². The van der Waals surface area contributed by atoms with Gasteiger partial charge in [-0.3, -0.25) is 4.79 Å². The molecule has 1 rings (SSSR count). The number of allylic oxidation sites excluding steroid dienone is 3. The van der Waals surface area contributed by atoms with Gasteiger partial charge in [-0.1, -0.05) is 327 Å². The number of ether oxygens (including phenoxy) is 2. The molecule has 1 heterocycles. The van der Waals surface area contributed by atoms with E-state index in [2.05, 4.69) is 31.3 Å². The fraction of sp³-hybridized carbons (Fsp3) is 0.928. The summed E-state index contributed by atoms with van der Waals surface area (Å²) in [5.41, 5.74) is 0. The van der Waals surface area contributed by atoms with Crippen LogP contribution in [0.3, 0.4) is 0 Å². The van der Waals surface area contributed by atoms with Crippen molar-refractivity contribution >= 4 is 5.91 Å². The van der Waals surface area contributed by atoms with Crippen LogP contribution in [-0.4, -0.2) is 87.5 Å². The Balaban J connectivity index is 2.04. The molecule has 462 valence electrons. The maximum atomic E-state index is 13.1. The van der Waals surface area contributed by atoms with Crippen LogP contribution in [0.15, 0.2) is 24.3 Å². The number of carbonyl (C=O) groups is 1. The standard InChI is InChI=1S/C69H133NO8/c1-3-5-7-9-11-13-15-17-19-21-22-23-24-25-26-27-28-29-30-31-32-33-34-35-36-37-38-39-40-41-42-43-45-47-49-51-53-55-57-59-65(73)70-62(61-77-69-68(76)67(75)66(74)64(60-71)78-69)63(72)58-56-54-52-50-48-46-44-20-18-16-14-12-10-8-6-4-2/h31-32,56,58,62-64,66-69,71-72,74-76H,3-30,33-55,57,59-61H2,1-2H3,(H,70,73)/b32-31-,58-56+. The second-order valence-corrected chi connectivity index (χ2v) is 24.3. The van der Waals surface area contributed by atoms with Crippen molar-refractivity contribution < 1.29 is 39.8 Å². The van der Waals surface area contributed by atoms with Crippen molar-refractivity contribution in [1.82, 2.24) is 5.32 Å². The monoisotopic (exact) mass is 1100 g/mol. The first-order chi connectivity index (χ1) is 38.3. The van der Waals surface area contributed by atoms with Gasteiger partial charge in [-0.25, -0.2) is 0 Å². The minimum absolute atomic E-state index is 0.170. The largest absolute Gasteiger partial charge is 0.394 e. The number of aliphatic hydroxyl groups is 5. The highest BCUT2D eigenvalue weighted by molar-refractivity contribution is 5.76. The smallest absolute Gasteiger partial charge is 0.220 e. The highest BCUT2D eigenvalue weighted by Gasteiger charge is 2.44. The van der Waals surface area contributed by atoms with Gasteiger partial charge in [0.2, 0.25) is 5.91 Å². The maximum absolute atomic E-state index is 13.1. The van der Waals surface area contributed by atoms with E-state index in [9.17, 15) is 30.3 Å². The third-order valence-electron chi connectivity index (χ3n) is 16.8. The van der Waals surface area contributed by atoms with Crippen molar-refractivity contribution in [2.24, 2.45) is 0 Å². The summed E-state index contributed by atoms with van der Waals surface area (Å²) in [6.45, 7) is 3.82. The number of nitrogens with one attached hydrogen (secondary N) is 1. The first-order valence-electron chi connectivity index (χ1n) is 34.6. The van der Waals surface area contributed by atoms with Crippen LogP contribution in [0, 0.1) is 0 Å². The first kappa shape index (κ1) is 74.7. The Kier molecular flexibility index (Phi) is 56.3. The topological polar surface area (TPSA) is 149 Å². The van der Waals surface area contributed by atoms with E-state index in [1.165, 1.54) is 295 Å². The Morgan fingerprint density at radius 3 is 1.04 bits per heavy atom. The van der Waals surface area contributed by atoms with Crippen LogP contribution >= 0.6 is 0 Å². The van der Waals surface area contributed by atoms with Gasteiger partial charge in [-0.15, -0.1) is 0 Å². The van der Waals surface area contributed by atoms with Gasteiger partial charge in [0.1, 0.15) is 24.4 Å². The minimum atomic E-state index is -1.56. The Labute approximate surface area is 483 Å². The van der Waals surface area contributed by atoms with Gasteiger partial charge in [0.05, 0.1) is 25.4 Å². The van der Waals surface area contributed by atoms with Gasteiger partial charge in [-0.05, 0) is 44.9 Å². The molecule has 9 nitrogen and oxygen atoms in total. The molecule has 7 atom stereocenters. The lowest BCUT2D eigenvalue weighted by molar-refractivity contribution is -0.302. The minimum Gasteiger partial charge on any atom is -0.394 e.